The molecule has 2 aliphatic rings. The van der Waals surface area contributed by atoms with Crippen molar-refractivity contribution in [3.05, 3.63) is 52.9 Å². The number of aliphatic imine (C=N–C) groups is 1. The number of nitrogens with two attached hydrogens (primary N) is 1. The van der Waals surface area contributed by atoms with Gasteiger partial charge in [-0.3, -0.25) is 9.20 Å². The smallest absolute Gasteiger partial charge is 0.122 e. The zero-order valence-electron chi connectivity index (χ0n) is 19.7. The van der Waals surface area contributed by atoms with Crippen LogP contribution >= 0.6 is 24.0 Å². The molecule has 0 amide bonds. The van der Waals surface area contributed by atoms with Gasteiger partial charge in [0.15, 0.2) is 0 Å². The molecule has 1 saturated heterocycles. The SMILES string of the molecule is Nc1cc(OCCO)cc2cc(C3=NCC(CN4CCS(=O)CC4)S3)[nH]c12.O.O.S=c1cccc[nH]1. The number of nitrogen functional groups attached to an aromatic ring is 1. The summed E-state index contributed by atoms with van der Waals surface area (Å²) in [5, 5.41) is 11.3. The quantitative estimate of drug-likeness (QED) is 0.260. The van der Waals surface area contributed by atoms with E-state index in [2.05, 4.69) is 20.9 Å². The van der Waals surface area contributed by atoms with Crippen LogP contribution in [0.1, 0.15) is 5.69 Å². The van der Waals surface area contributed by atoms with E-state index < -0.39 is 10.8 Å². The zero-order valence-corrected chi connectivity index (χ0v) is 22.2. The van der Waals surface area contributed by atoms with E-state index in [0.717, 1.165) is 64.0 Å². The fourth-order valence-corrected chi connectivity index (χ4v) is 6.20. The van der Waals surface area contributed by atoms with Crippen LogP contribution in [-0.4, -0.2) is 96.3 Å². The molecule has 0 spiro atoms. The first-order valence-corrected chi connectivity index (χ1v) is 13.9. The van der Waals surface area contributed by atoms with E-state index in [-0.39, 0.29) is 24.2 Å². The van der Waals surface area contributed by atoms with Crippen LogP contribution in [-0.2, 0) is 10.8 Å². The highest BCUT2D eigenvalue weighted by molar-refractivity contribution is 8.15. The molecule has 0 aliphatic carbocycles. The van der Waals surface area contributed by atoms with E-state index in [1.54, 1.807) is 17.8 Å². The number of aliphatic hydroxyl groups is 1. The lowest BCUT2D eigenvalue weighted by Gasteiger charge is -2.27. The third-order valence-electron chi connectivity index (χ3n) is 5.45. The number of thioether (sulfide) groups is 1. The van der Waals surface area contributed by atoms with Crippen molar-refractivity contribution in [1.82, 2.24) is 14.9 Å². The van der Waals surface area contributed by atoms with Crippen LogP contribution in [0.5, 0.6) is 5.75 Å². The second-order valence-electron chi connectivity index (χ2n) is 7.99. The van der Waals surface area contributed by atoms with Crippen molar-refractivity contribution in [3.63, 3.8) is 0 Å². The van der Waals surface area contributed by atoms with E-state index in [4.69, 9.17) is 32.8 Å². The van der Waals surface area contributed by atoms with Gasteiger partial charge in [-0.15, -0.1) is 0 Å². The number of hydrogen-bond donors (Lipinski definition) is 4. The molecule has 1 atom stereocenters. The third-order valence-corrected chi connectivity index (χ3v) is 8.19. The predicted molar refractivity (Wildman–Crippen MR) is 151 cm³/mol. The number of aromatic nitrogens is 2. The molecule has 1 fully saturated rings. The minimum absolute atomic E-state index is 0. The zero-order chi connectivity index (χ0) is 23.9. The van der Waals surface area contributed by atoms with Crippen LogP contribution in [0.4, 0.5) is 5.69 Å². The molecular weight excluding hydrogens is 522 g/mol. The van der Waals surface area contributed by atoms with E-state index in [9.17, 15) is 4.21 Å². The monoisotopic (exact) mass is 555 g/mol. The van der Waals surface area contributed by atoms with Gasteiger partial charge in [-0.2, -0.15) is 0 Å². The molecular formula is C23H33N5O5S3. The van der Waals surface area contributed by atoms with Gasteiger partial charge in [0.2, 0.25) is 0 Å². The second-order valence-corrected chi connectivity index (χ2v) is 11.4. The first-order valence-electron chi connectivity index (χ1n) is 11.1. The molecule has 2 aromatic heterocycles. The number of fused-ring (bicyclic) bond motifs is 1. The van der Waals surface area contributed by atoms with Crippen LogP contribution in [0.15, 0.2) is 47.6 Å². The number of H-pyrrole nitrogens is 2. The highest BCUT2D eigenvalue weighted by Gasteiger charge is 2.26. The summed E-state index contributed by atoms with van der Waals surface area (Å²) in [4.78, 5) is 13.3. The standard InChI is InChI=1S/C18H24N4O3S2.C5H5NS.2H2O/c19-15-9-13(25-4-3-23)7-12-8-16(21-17(12)15)18-20-10-14(26-18)11-22-1-5-27(24)6-2-22;7-5-3-1-2-4-6-5;;/h7-9,14,21,23H,1-6,10-11,19H2;1-4H,(H,6,7);2*1H2. The Morgan fingerprint density at radius 1 is 1.25 bits per heavy atom. The number of hydrogen-bond acceptors (Lipinski definition) is 8. The van der Waals surface area contributed by atoms with Crippen LogP contribution in [0.25, 0.3) is 10.9 Å². The van der Waals surface area contributed by atoms with Gasteiger partial charge in [0.05, 0.1) is 30.0 Å². The summed E-state index contributed by atoms with van der Waals surface area (Å²) in [5.41, 5.74) is 8.63. The van der Waals surface area contributed by atoms with Gasteiger partial charge in [0.1, 0.15) is 22.0 Å². The summed E-state index contributed by atoms with van der Waals surface area (Å²) in [5.74, 6) is 2.22. The summed E-state index contributed by atoms with van der Waals surface area (Å²) in [6.45, 7) is 3.83. The molecule has 4 heterocycles. The van der Waals surface area contributed by atoms with Gasteiger partial charge in [-0.05, 0) is 24.3 Å². The molecule has 10 nitrogen and oxygen atoms in total. The van der Waals surface area contributed by atoms with Crippen molar-refractivity contribution < 1.29 is 25.0 Å². The maximum absolute atomic E-state index is 11.5. The van der Waals surface area contributed by atoms with Crippen molar-refractivity contribution in [1.29, 1.82) is 0 Å². The lowest BCUT2D eigenvalue weighted by molar-refractivity contribution is 0.201. The van der Waals surface area contributed by atoms with Crippen molar-refractivity contribution in [2.45, 2.75) is 5.25 Å². The number of benzene rings is 1. The fourth-order valence-electron chi connectivity index (χ4n) is 3.79. The number of aromatic amines is 2. The van der Waals surface area contributed by atoms with E-state index in [1.165, 1.54) is 0 Å². The maximum atomic E-state index is 11.5. The van der Waals surface area contributed by atoms with Crippen LogP contribution in [0.3, 0.4) is 0 Å². The molecule has 13 heteroatoms. The first-order chi connectivity index (χ1) is 16.5. The highest BCUT2D eigenvalue weighted by atomic mass is 32.2. The van der Waals surface area contributed by atoms with Crippen LogP contribution in [0, 0.1) is 4.64 Å². The number of nitrogens with zero attached hydrogens (tertiary/aromatic N) is 2. The summed E-state index contributed by atoms with van der Waals surface area (Å²) < 4.78 is 17.8. The van der Waals surface area contributed by atoms with Gasteiger partial charge < -0.3 is 41.4 Å². The van der Waals surface area contributed by atoms with E-state index in [0.29, 0.717) is 16.7 Å². The minimum atomic E-state index is -0.635. The molecule has 3 aromatic rings. The molecule has 198 valence electrons. The van der Waals surface area contributed by atoms with E-state index >= 15 is 0 Å². The molecule has 9 N–H and O–H groups in total. The second kappa shape index (κ2) is 14.5. The number of aliphatic hydroxyl groups excluding tert-OH is 1. The van der Waals surface area contributed by atoms with Gasteiger partial charge in [-0.25, -0.2) is 0 Å². The largest absolute Gasteiger partial charge is 0.491 e. The van der Waals surface area contributed by atoms with Gasteiger partial charge in [0, 0.05) is 64.8 Å². The Morgan fingerprint density at radius 2 is 2.03 bits per heavy atom. The Kier molecular flexibility index (Phi) is 12.0. The lowest BCUT2D eigenvalue weighted by atomic mass is 10.2. The fraction of sp³-hybridized carbons (Fsp3) is 0.391. The molecule has 5 rings (SSSR count). The molecule has 0 saturated carbocycles. The molecule has 36 heavy (non-hydrogen) atoms. The van der Waals surface area contributed by atoms with Gasteiger partial charge in [-0.1, -0.05) is 30.0 Å². The molecule has 0 bridgehead atoms. The number of pyridine rings is 1. The van der Waals surface area contributed by atoms with Crippen LogP contribution in [0.2, 0.25) is 0 Å². The Labute approximate surface area is 221 Å². The first kappa shape index (κ1) is 30.0. The molecule has 1 unspecified atom stereocenters. The minimum Gasteiger partial charge on any atom is -0.491 e. The molecule has 2 aliphatic heterocycles. The lowest BCUT2D eigenvalue weighted by Crippen LogP contribution is -2.41. The van der Waals surface area contributed by atoms with Crippen molar-refractivity contribution in [3.8, 4) is 5.75 Å². The Balaban J connectivity index is 0.000000441. The van der Waals surface area contributed by atoms with Gasteiger partial charge >= 0.3 is 0 Å². The molecule has 0 radical (unpaired) electrons. The van der Waals surface area contributed by atoms with Crippen molar-refractivity contribution in [2.24, 2.45) is 4.99 Å². The number of nitrogens with one attached hydrogen (secondary N) is 2. The summed E-state index contributed by atoms with van der Waals surface area (Å²) in [7, 11) is -0.635. The van der Waals surface area contributed by atoms with Crippen LogP contribution < -0.4 is 10.5 Å². The predicted octanol–water partition coefficient (Wildman–Crippen LogP) is 1.14. The summed E-state index contributed by atoms with van der Waals surface area (Å²) >= 11 is 6.55. The Morgan fingerprint density at radius 3 is 2.67 bits per heavy atom. The van der Waals surface area contributed by atoms with E-state index in [1.807, 2.05) is 30.5 Å². The Hall–Kier alpha value is -2.26. The number of rotatable bonds is 6. The Bertz CT molecular complexity index is 1200. The average Bonchev–Trinajstić information content (AvgIpc) is 3.47. The third kappa shape index (κ3) is 8.13. The average molecular weight is 556 g/mol. The normalized spacial score (nSPS) is 17.9. The van der Waals surface area contributed by atoms with Gasteiger partial charge in [0.25, 0.3) is 0 Å². The summed E-state index contributed by atoms with van der Waals surface area (Å²) in [6, 6.07) is 11.4. The highest BCUT2D eigenvalue weighted by Crippen LogP contribution is 2.32. The topological polar surface area (TPSA) is 183 Å². The van der Waals surface area contributed by atoms with Crippen molar-refractivity contribution in [2.75, 3.05) is 56.6 Å². The number of ether oxygens (including phenoxy) is 1. The summed E-state index contributed by atoms with van der Waals surface area (Å²) in [6.07, 6.45) is 1.81. The maximum Gasteiger partial charge on any atom is 0.122 e. The molecule has 1 aromatic carbocycles. The number of anilines is 1. The van der Waals surface area contributed by atoms with Crippen molar-refractivity contribution >= 4 is 56.4 Å².